The van der Waals surface area contributed by atoms with Crippen molar-refractivity contribution in [3.63, 3.8) is 0 Å². The zero-order chi connectivity index (χ0) is 11.8. The van der Waals surface area contributed by atoms with Crippen molar-refractivity contribution in [2.75, 3.05) is 13.7 Å². The van der Waals surface area contributed by atoms with Crippen LogP contribution in [-0.4, -0.2) is 47.8 Å². The standard InChI is InChI=1S/C8H13NO6/c1-15-3-2-6(10)9-5(8(13)14)4-7(11)12/h5H,2-4H2,1H3,(H,9,10)(H,11,12)(H,13,14)/t5-/m1/s1. The molecule has 1 amide bonds. The Hall–Kier alpha value is -1.63. The molecule has 0 bridgehead atoms. The molecule has 0 aliphatic rings. The Balaban J connectivity index is 4.10. The first-order valence-electron chi connectivity index (χ1n) is 4.20. The summed E-state index contributed by atoms with van der Waals surface area (Å²) in [5.74, 6) is -3.21. The molecule has 0 aromatic heterocycles. The van der Waals surface area contributed by atoms with Crippen LogP contribution in [0, 0.1) is 0 Å². The number of carboxylic acids is 2. The van der Waals surface area contributed by atoms with Crippen LogP contribution in [0.3, 0.4) is 0 Å². The number of carboxylic acid groups (broad SMARTS) is 2. The van der Waals surface area contributed by atoms with E-state index in [0.717, 1.165) is 0 Å². The van der Waals surface area contributed by atoms with Crippen molar-refractivity contribution in [2.45, 2.75) is 18.9 Å². The monoisotopic (exact) mass is 219 g/mol. The van der Waals surface area contributed by atoms with Crippen LogP contribution in [0.25, 0.3) is 0 Å². The highest BCUT2D eigenvalue weighted by Gasteiger charge is 2.22. The minimum Gasteiger partial charge on any atom is -0.481 e. The summed E-state index contributed by atoms with van der Waals surface area (Å²) in [6, 6.07) is -1.40. The van der Waals surface area contributed by atoms with Crippen LogP contribution < -0.4 is 5.32 Å². The summed E-state index contributed by atoms with van der Waals surface area (Å²) in [5.41, 5.74) is 0. The molecule has 0 saturated carbocycles. The fraction of sp³-hybridized carbons (Fsp3) is 0.625. The summed E-state index contributed by atoms with van der Waals surface area (Å²) < 4.78 is 4.61. The highest BCUT2D eigenvalue weighted by molar-refractivity contribution is 5.86. The van der Waals surface area contributed by atoms with Crippen molar-refractivity contribution in [1.29, 1.82) is 0 Å². The normalized spacial score (nSPS) is 11.8. The van der Waals surface area contributed by atoms with Gasteiger partial charge in [0.1, 0.15) is 6.04 Å². The SMILES string of the molecule is COCCC(=O)N[C@H](CC(=O)O)C(=O)O. The maximum absolute atomic E-state index is 11.1. The van der Waals surface area contributed by atoms with Crippen LogP contribution in [-0.2, 0) is 19.1 Å². The summed E-state index contributed by atoms with van der Waals surface area (Å²) in [7, 11) is 1.40. The molecule has 0 fully saturated rings. The first-order valence-corrected chi connectivity index (χ1v) is 4.20. The molecule has 0 aliphatic carbocycles. The summed E-state index contributed by atoms with van der Waals surface area (Å²) in [6.45, 7) is 0.158. The third-order valence-electron chi connectivity index (χ3n) is 1.55. The molecule has 0 heterocycles. The maximum Gasteiger partial charge on any atom is 0.326 e. The zero-order valence-corrected chi connectivity index (χ0v) is 8.23. The van der Waals surface area contributed by atoms with Gasteiger partial charge in [0.05, 0.1) is 13.0 Å². The molecule has 7 heteroatoms. The van der Waals surface area contributed by atoms with E-state index in [1.807, 2.05) is 0 Å². The molecule has 7 nitrogen and oxygen atoms in total. The van der Waals surface area contributed by atoms with Crippen molar-refractivity contribution < 1.29 is 29.3 Å². The number of rotatable bonds is 7. The Morgan fingerprint density at radius 3 is 2.33 bits per heavy atom. The second-order valence-corrected chi connectivity index (χ2v) is 2.80. The van der Waals surface area contributed by atoms with Gasteiger partial charge in [0.25, 0.3) is 0 Å². The van der Waals surface area contributed by atoms with Crippen LogP contribution in [0.5, 0.6) is 0 Å². The second-order valence-electron chi connectivity index (χ2n) is 2.80. The quantitative estimate of drug-likeness (QED) is 0.509. The van der Waals surface area contributed by atoms with E-state index in [2.05, 4.69) is 10.1 Å². The Kier molecular flexibility index (Phi) is 6.03. The lowest BCUT2D eigenvalue weighted by Gasteiger charge is -2.11. The predicted octanol–water partition coefficient (Wildman–Crippen LogP) is -0.933. The molecule has 15 heavy (non-hydrogen) atoms. The van der Waals surface area contributed by atoms with Crippen LogP contribution in [0.2, 0.25) is 0 Å². The Labute approximate surface area is 86.0 Å². The molecule has 1 atom stereocenters. The predicted molar refractivity (Wildman–Crippen MR) is 48.3 cm³/mol. The highest BCUT2D eigenvalue weighted by atomic mass is 16.5. The van der Waals surface area contributed by atoms with Crippen molar-refractivity contribution in [3.8, 4) is 0 Å². The minimum atomic E-state index is -1.40. The smallest absolute Gasteiger partial charge is 0.326 e. The van der Waals surface area contributed by atoms with Gasteiger partial charge >= 0.3 is 11.9 Å². The minimum absolute atomic E-state index is 0.000100. The molecule has 0 aliphatic heterocycles. The average molecular weight is 219 g/mol. The van der Waals surface area contributed by atoms with Crippen molar-refractivity contribution in [2.24, 2.45) is 0 Å². The van der Waals surface area contributed by atoms with Gasteiger partial charge in [-0.3, -0.25) is 9.59 Å². The van der Waals surface area contributed by atoms with Gasteiger partial charge in [-0.2, -0.15) is 0 Å². The Bertz CT molecular complexity index is 252. The molecular formula is C8H13NO6. The summed E-state index contributed by atoms with van der Waals surface area (Å²) >= 11 is 0. The second kappa shape index (κ2) is 6.77. The molecule has 0 spiro atoms. The highest BCUT2D eigenvalue weighted by Crippen LogP contribution is 1.94. The maximum atomic E-state index is 11.1. The molecule has 0 unspecified atom stereocenters. The zero-order valence-electron chi connectivity index (χ0n) is 8.23. The number of ether oxygens (including phenoxy) is 1. The number of hydrogen-bond acceptors (Lipinski definition) is 4. The van der Waals surface area contributed by atoms with E-state index in [4.69, 9.17) is 10.2 Å². The first-order chi connectivity index (χ1) is 6.97. The average Bonchev–Trinajstić information content (AvgIpc) is 2.12. The van der Waals surface area contributed by atoms with E-state index in [1.165, 1.54) is 7.11 Å². The molecule has 0 saturated heterocycles. The van der Waals surface area contributed by atoms with Crippen LogP contribution in [0.1, 0.15) is 12.8 Å². The van der Waals surface area contributed by atoms with Gasteiger partial charge in [-0.1, -0.05) is 0 Å². The van der Waals surface area contributed by atoms with E-state index in [-0.39, 0.29) is 13.0 Å². The van der Waals surface area contributed by atoms with Crippen molar-refractivity contribution in [3.05, 3.63) is 0 Å². The fourth-order valence-electron chi connectivity index (χ4n) is 0.836. The number of hydrogen-bond donors (Lipinski definition) is 3. The number of carbonyl (C=O) groups is 3. The van der Waals surface area contributed by atoms with Crippen molar-refractivity contribution >= 4 is 17.8 Å². The molecule has 0 radical (unpaired) electrons. The number of methoxy groups -OCH3 is 1. The molecular weight excluding hydrogens is 206 g/mol. The summed E-state index contributed by atoms with van der Waals surface area (Å²) in [5, 5.41) is 19.1. The molecule has 0 rings (SSSR count). The summed E-state index contributed by atoms with van der Waals surface area (Å²) in [6.07, 6.45) is -0.645. The van der Waals surface area contributed by atoms with E-state index >= 15 is 0 Å². The van der Waals surface area contributed by atoms with Gasteiger partial charge in [0.2, 0.25) is 5.91 Å². The number of aliphatic carboxylic acids is 2. The molecule has 3 N–H and O–H groups in total. The van der Waals surface area contributed by atoms with E-state index in [1.54, 1.807) is 0 Å². The van der Waals surface area contributed by atoms with E-state index in [9.17, 15) is 14.4 Å². The molecule has 0 aromatic carbocycles. The van der Waals surface area contributed by atoms with Gasteiger partial charge in [0, 0.05) is 13.5 Å². The first kappa shape index (κ1) is 13.4. The van der Waals surface area contributed by atoms with Crippen molar-refractivity contribution in [1.82, 2.24) is 5.32 Å². The van der Waals surface area contributed by atoms with E-state index < -0.39 is 30.3 Å². The van der Waals surface area contributed by atoms with Crippen LogP contribution >= 0.6 is 0 Å². The topological polar surface area (TPSA) is 113 Å². The van der Waals surface area contributed by atoms with Gasteiger partial charge in [-0.15, -0.1) is 0 Å². The number of amides is 1. The Morgan fingerprint density at radius 2 is 1.93 bits per heavy atom. The fourth-order valence-corrected chi connectivity index (χ4v) is 0.836. The summed E-state index contributed by atoms with van der Waals surface area (Å²) in [4.78, 5) is 31.9. The van der Waals surface area contributed by atoms with Crippen LogP contribution in [0.15, 0.2) is 0 Å². The largest absolute Gasteiger partial charge is 0.481 e. The van der Waals surface area contributed by atoms with Gasteiger partial charge < -0.3 is 20.3 Å². The van der Waals surface area contributed by atoms with E-state index in [0.29, 0.717) is 0 Å². The van der Waals surface area contributed by atoms with Gasteiger partial charge in [-0.05, 0) is 0 Å². The Morgan fingerprint density at radius 1 is 1.33 bits per heavy atom. The third-order valence-corrected chi connectivity index (χ3v) is 1.55. The van der Waals surface area contributed by atoms with Gasteiger partial charge in [0.15, 0.2) is 0 Å². The lowest BCUT2D eigenvalue weighted by molar-refractivity contribution is -0.147. The lowest BCUT2D eigenvalue weighted by atomic mass is 10.2. The molecule has 0 aromatic rings. The van der Waals surface area contributed by atoms with Crippen LogP contribution in [0.4, 0.5) is 0 Å². The third kappa shape index (κ3) is 6.44. The molecule has 86 valence electrons. The lowest BCUT2D eigenvalue weighted by Crippen LogP contribution is -2.42. The number of carbonyl (C=O) groups excluding carboxylic acids is 1. The van der Waals surface area contributed by atoms with Gasteiger partial charge in [-0.25, -0.2) is 4.79 Å². The number of nitrogens with one attached hydrogen (secondary N) is 1.